The first-order valence-corrected chi connectivity index (χ1v) is 17.3. The van der Waals surface area contributed by atoms with Gasteiger partial charge in [-0.2, -0.15) is 0 Å². The summed E-state index contributed by atoms with van der Waals surface area (Å²) in [5.41, 5.74) is 4.53. The van der Waals surface area contributed by atoms with Crippen LogP contribution in [0.25, 0.3) is 0 Å². The molecule has 2 aromatic carbocycles. The molecule has 6 atom stereocenters. The molecule has 0 aromatic heterocycles. The van der Waals surface area contributed by atoms with E-state index in [9.17, 15) is 0 Å². The van der Waals surface area contributed by atoms with Crippen molar-refractivity contribution in [3.8, 4) is 5.75 Å². The van der Waals surface area contributed by atoms with Gasteiger partial charge in [0.1, 0.15) is 5.75 Å². The first kappa shape index (κ1) is 34.3. The second-order valence-corrected chi connectivity index (χ2v) is 13.4. The molecule has 250 valence electrons. The summed E-state index contributed by atoms with van der Waals surface area (Å²) in [4.78, 5) is 0. The highest BCUT2D eigenvalue weighted by atomic mass is 16.7. The van der Waals surface area contributed by atoms with Gasteiger partial charge in [0.05, 0.1) is 52.4 Å². The van der Waals surface area contributed by atoms with Crippen molar-refractivity contribution >= 4 is 0 Å². The van der Waals surface area contributed by atoms with E-state index in [4.69, 9.17) is 33.2 Å². The molecule has 0 heterocycles. The molecule has 0 spiro atoms. The average molecular weight is 625 g/mol. The lowest BCUT2D eigenvalue weighted by molar-refractivity contribution is -0.0573. The van der Waals surface area contributed by atoms with Crippen molar-refractivity contribution in [2.45, 2.75) is 76.9 Å². The minimum Gasteiger partial charge on any atom is -0.468 e. The van der Waals surface area contributed by atoms with Crippen LogP contribution in [-0.4, -0.2) is 73.4 Å². The first-order valence-electron chi connectivity index (χ1n) is 17.3. The van der Waals surface area contributed by atoms with Gasteiger partial charge in [-0.1, -0.05) is 49.7 Å². The number of methoxy groups -OCH3 is 2. The van der Waals surface area contributed by atoms with E-state index in [1.165, 1.54) is 49.7 Å². The number of hydrogen-bond donors (Lipinski definition) is 0. The maximum atomic E-state index is 6.05. The number of benzene rings is 2. The van der Waals surface area contributed by atoms with Crippen molar-refractivity contribution in [3.63, 3.8) is 0 Å². The zero-order valence-electron chi connectivity index (χ0n) is 27.9. The molecule has 3 aliphatic carbocycles. The lowest BCUT2D eigenvalue weighted by Gasteiger charge is -2.53. The second-order valence-electron chi connectivity index (χ2n) is 13.4. The van der Waals surface area contributed by atoms with E-state index in [1.54, 1.807) is 12.7 Å². The van der Waals surface area contributed by atoms with E-state index >= 15 is 0 Å². The van der Waals surface area contributed by atoms with Gasteiger partial charge in [0.2, 0.25) is 0 Å². The molecule has 0 amide bonds. The van der Waals surface area contributed by atoms with Gasteiger partial charge < -0.3 is 33.2 Å². The molecule has 2 saturated carbocycles. The summed E-state index contributed by atoms with van der Waals surface area (Å²) in [6.45, 7) is 7.77. The normalized spacial score (nSPS) is 27.1. The third-order valence-electron chi connectivity index (χ3n) is 10.8. The lowest BCUT2D eigenvalue weighted by atomic mass is 9.52. The Hall–Kier alpha value is -2.00. The van der Waals surface area contributed by atoms with Crippen molar-refractivity contribution in [1.29, 1.82) is 0 Å². The van der Waals surface area contributed by atoms with E-state index in [0.29, 0.717) is 69.6 Å². The lowest BCUT2D eigenvalue weighted by Crippen LogP contribution is -2.47. The summed E-state index contributed by atoms with van der Waals surface area (Å²) in [5.74, 6) is 3.72. The summed E-state index contributed by atoms with van der Waals surface area (Å²) in [7, 11) is 3.59. The summed E-state index contributed by atoms with van der Waals surface area (Å²) in [5, 5.41) is 0. The Bertz CT molecular complexity index is 1130. The van der Waals surface area contributed by atoms with Gasteiger partial charge in [-0.05, 0) is 103 Å². The topological polar surface area (TPSA) is 64.6 Å². The Labute approximate surface area is 271 Å². The third kappa shape index (κ3) is 9.09. The highest BCUT2D eigenvalue weighted by Gasteiger charge is 2.57. The summed E-state index contributed by atoms with van der Waals surface area (Å²) >= 11 is 0. The van der Waals surface area contributed by atoms with Gasteiger partial charge in [0.25, 0.3) is 0 Å². The molecular formula is C38H56O7. The highest BCUT2D eigenvalue weighted by molar-refractivity contribution is 5.41. The molecule has 3 aliphatic rings. The number of rotatable bonds is 20. The number of fused-ring (bicyclic) bond motifs is 5. The number of ether oxygens (including phenoxy) is 7. The van der Waals surface area contributed by atoms with E-state index < -0.39 is 0 Å². The predicted molar refractivity (Wildman–Crippen MR) is 176 cm³/mol. The van der Waals surface area contributed by atoms with Gasteiger partial charge in [-0.15, -0.1) is 0 Å². The minimum absolute atomic E-state index is 0.289. The van der Waals surface area contributed by atoms with Crippen molar-refractivity contribution in [1.82, 2.24) is 0 Å². The van der Waals surface area contributed by atoms with Gasteiger partial charge in [0, 0.05) is 20.8 Å². The fourth-order valence-electron chi connectivity index (χ4n) is 8.64. The van der Waals surface area contributed by atoms with Crippen LogP contribution < -0.4 is 4.74 Å². The third-order valence-corrected chi connectivity index (χ3v) is 10.8. The van der Waals surface area contributed by atoms with Crippen molar-refractivity contribution in [2.75, 3.05) is 67.3 Å². The molecule has 0 bridgehead atoms. The molecule has 0 N–H and O–H groups in total. The zero-order valence-corrected chi connectivity index (χ0v) is 27.9. The van der Waals surface area contributed by atoms with E-state index in [2.05, 4.69) is 37.3 Å². The second kappa shape index (κ2) is 17.8. The fourth-order valence-corrected chi connectivity index (χ4v) is 8.64. The van der Waals surface area contributed by atoms with Gasteiger partial charge in [-0.3, -0.25) is 0 Å². The molecular weight excluding hydrogens is 568 g/mol. The smallest absolute Gasteiger partial charge is 0.188 e. The standard InChI is InChI=1S/C38H56O7/c1-38-17-16-34-33-13-12-32(45-28-39-2)26-31(33)25-30(37(34)35(38)14-15-36(38)40-3)11-7-8-18-41-19-20-42-21-22-43-23-24-44-27-29-9-5-4-6-10-29/h4-6,9-10,12-13,26,30,34-37H,7-8,11,14-25,27-28H2,1-3H3/t30-,34-,35+,36+,37-,38+/m1/s1. The highest BCUT2D eigenvalue weighted by Crippen LogP contribution is 2.63. The van der Waals surface area contributed by atoms with E-state index in [1.807, 2.05) is 25.3 Å². The first-order chi connectivity index (χ1) is 22.1. The summed E-state index contributed by atoms with van der Waals surface area (Å²) in [6, 6.07) is 17.0. The van der Waals surface area contributed by atoms with E-state index in [-0.39, 0.29) is 6.79 Å². The molecule has 2 aromatic rings. The summed E-state index contributed by atoms with van der Waals surface area (Å²) < 4.78 is 39.9. The Balaban J connectivity index is 0.995. The van der Waals surface area contributed by atoms with Crippen LogP contribution in [0, 0.1) is 23.2 Å². The largest absolute Gasteiger partial charge is 0.468 e. The molecule has 5 rings (SSSR count). The fraction of sp³-hybridized carbons (Fsp3) is 0.684. The number of hydrogen-bond acceptors (Lipinski definition) is 7. The van der Waals surface area contributed by atoms with Gasteiger partial charge in [-0.25, -0.2) is 0 Å². The van der Waals surface area contributed by atoms with Crippen LogP contribution >= 0.6 is 0 Å². The van der Waals surface area contributed by atoms with Crippen molar-refractivity contribution in [2.24, 2.45) is 23.2 Å². The van der Waals surface area contributed by atoms with Crippen molar-refractivity contribution < 1.29 is 33.2 Å². The number of unbranched alkanes of at least 4 members (excludes halogenated alkanes) is 1. The van der Waals surface area contributed by atoms with Crippen molar-refractivity contribution in [3.05, 3.63) is 65.2 Å². The van der Waals surface area contributed by atoms with Crippen LogP contribution in [0.1, 0.15) is 74.5 Å². The van der Waals surface area contributed by atoms with Crippen LogP contribution in [0.3, 0.4) is 0 Å². The minimum atomic E-state index is 0.289. The average Bonchev–Trinajstić information content (AvgIpc) is 3.41. The van der Waals surface area contributed by atoms with Crippen LogP contribution in [0.5, 0.6) is 5.75 Å². The Kier molecular flexibility index (Phi) is 13.6. The van der Waals surface area contributed by atoms with Crippen LogP contribution in [-0.2, 0) is 41.4 Å². The molecule has 7 heteroatoms. The molecule has 0 aliphatic heterocycles. The molecule has 45 heavy (non-hydrogen) atoms. The zero-order chi connectivity index (χ0) is 31.3. The SMILES string of the molecule is COCOc1ccc2c(c1)C[C@@H](CCCCOCCOCCOCCOCc1ccccc1)[C@@H]1[C@@H]2CC[C@]2(C)[C@@H](OC)CC[C@@H]12. The van der Waals surface area contributed by atoms with Crippen LogP contribution in [0.4, 0.5) is 0 Å². The monoisotopic (exact) mass is 624 g/mol. The Morgan fingerprint density at radius 1 is 0.778 bits per heavy atom. The quantitative estimate of drug-likeness (QED) is 0.114. The maximum absolute atomic E-state index is 6.05. The Morgan fingerprint density at radius 2 is 1.51 bits per heavy atom. The maximum Gasteiger partial charge on any atom is 0.188 e. The van der Waals surface area contributed by atoms with Crippen LogP contribution in [0.15, 0.2) is 48.5 Å². The molecule has 7 nitrogen and oxygen atoms in total. The molecule has 2 fully saturated rings. The molecule has 0 radical (unpaired) electrons. The van der Waals surface area contributed by atoms with E-state index in [0.717, 1.165) is 37.0 Å². The Morgan fingerprint density at radius 3 is 2.24 bits per heavy atom. The molecule has 0 saturated heterocycles. The summed E-state index contributed by atoms with van der Waals surface area (Å²) in [6.07, 6.45) is 10.1. The van der Waals surface area contributed by atoms with Crippen LogP contribution in [0.2, 0.25) is 0 Å². The van der Waals surface area contributed by atoms with Gasteiger partial charge in [0.15, 0.2) is 6.79 Å². The van der Waals surface area contributed by atoms with Gasteiger partial charge >= 0.3 is 0 Å². The predicted octanol–water partition coefficient (Wildman–Crippen LogP) is 7.20. The molecule has 0 unspecified atom stereocenters.